The van der Waals surface area contributed by atoms with Gasteiger partial charge in [-0.2, -0.15) is 5.10 Å². The van der Waals surface area contributed by atoms with Gasteiger partial charge in [0.1, 0.15) is 6.33 Å². The van der Waals surface area contributed by atoms with Crippen LogP contribution in [0, 0.1) is 0 Å². The van der Waals surface area contributed by atoms with Crippen molar-refractivity contribution in [3.05, 3.63) is 6.33 Å². The molecule has 1 atom stereocenters. The maximum Gasteiger partial charge on any atom is 0.183 e. The van der Waals surface area contributed by atoms with Crippen LogP contribution in [0.15, 0.2) is 11.5 Å². The minimum Gasteiger partial charge on any atom is -0.254 e. The summed E-state index contributed by atoms with van der Waals surface area (Å²) in [4.78, 5) is 4.08. The first kappa shape index (κ1) is 9.58. The van der Waals surface area contributed by atoms with Gasteiger partial charge in [0, 0.05) is 5.25 Å². The Labute approximate surface area is 77.4 Å². The van der Waals surface area contributed by atoms with E-state index < -0.39 is 0 Å². The van der Waals surface area contributed by atoms with E-state index in [2.05, 4.69) is 29.0 Å². The Balaban J connectivity index is 2.37. The molecule has 12 heavy (non-hydrogen) atoms. The van der Waals surface area contributed by atoms with Gasteiger partial charge in [-0.1, -0.05) is 32.0 Å². The molecule has 0 saturated carbocycles. The van der Waals surface area contributed by atoms with Crippen molar-refractivity contribution in [2.24, 2.45) is 0 Å². The molecule has 0 aliphatic rings. The Kier molecular flexibility index (Phi) is 4.14. The van der Waals surface area contributed by atoms with Crippen molar-refractivity contribution in [1.29, 1.82) is 0 Å². The van der Waals surface area contributed by atoms with Crippen molar-refractivity contribution in [3.8, 4) is 0 Å². The van der Waals surface area contributed by atoms with Crippen LogP contribution in [0.5, 0.6) is 0 Å². The smallest absolute Gasteiger partial charge is 0.183 e. The fourth-order valence-corrected chi connectivity index (χ4v) is 2.13. The third-order valence-electron chi connectivity index (χ3n) is 1.74. The van der Waals surface area contributed by atoms with Crippen LogP contribution in [0.1, 0.15) is 33.1 Å². The van der Waals surface area contributed by atoms with Gasteiger partial charge in [0.2, 0.25) is 0 Å². The van der Waals surface area contributed by atoms with Crippen LogP contribution >= 0.6 is 11.8 Å². The van der Waals surface area contributed by atoms with Gasteiger partial charge in [-0.15, -0.1) is 0 Å². The summed E-state index contributed by atoms with van der Waals surface area (Å²) in [7, 11) is 0. The van der Waals surface area contributed by atoms with Crippen LogP contribution in [0.3, 0.4) is 0 Å². The van der Waals surface area contributed by atoms with Gasteiger partial charge in [-0.3, -0.25) is 5.10 Å². The molecule has 0 fully saturated rings. The van der Waals surface area contributed by atoms with E-state index >= 15 is 0 Å². The molecular weight excluding hydrogens is 170 g/mol. The van der Waals surface area contributed by atoms with E-state index in [1.54, 1.807) is 18.1 Å². The molecule has 0 aliphatic heterocycles. The molecular formula is C8H15N3S. The summed E-state index contributed by atoms with van der Waals surface area (Å²) in [5.74, 6) is 0. The lowest BCUT2D eigenvalue weighted by atomic mass is 10.2. The van der Waals surface area contributed by atoms with Crippen molar-refractivity contribution in [1.82, 2.24) is 15.2 Å². The van der Waals surface area contributed by atoms with E-state index in [4.69, 9.17) is 0 Å². The van der Waals surface area contributed by atoms with Gasteiger partial charge in [0.25, 0.3) is 0 Å². The van der Waals surface area contributed by atoms with Crippen LogP contribution in [0.4, 0.5) is 0 Å². The molecule has 0 spiro atoms. The molecule has 0 amide bonds. The molecule has 1 heterocycles. The second-order valence-electron chi connectivity index (χ2n) is 2.73. The van der Waals surface area contributed by atoms with E-state index in [1.807, 2.05) is 0 Å². The molecule has 4 heteroatoms. The summed E-state index contributed by atoms with van der Waals surface area (Å²) in [6.07, 6.45) is 5.24. The van der Waals surface area contributed by atoms with E-state index in [9.17, 15) is 0 Å². The minimum absolute atomic E-state index is 0.683. The van der Waals surface area contributed by atoms with Crippen LogP contribution in [0.2, 0.25) is 0 Å². The number of aromatic nitrogens is 3. The van der Waals surface area contributed by atoms with E-state index in [1.165, 1.54) is 19.3 Å². The SMILES string of the molecule is CCCC(CC)Sc1ncn[nH]1. The summed E-state index contributed by atoms with van der Waals surface area (Å²) >= 11 is 1.79. The fraction of sp³-hybridized carbons (Fsp3) is 0.750. The molecule has 68 valence electrons. The number of aromatic amines is 1. The minimum atomic E-state index is 0.683. The first-order chi connectivity index (χ1) is 5.86. The normalized spacial score (nSPS) is 13.2. The predicted molar refractivity (Wildman–Crippen MR) is 51.2 cm³/mol. The highest BCUT2D eigenvalue weighted by atomic mass is 32.2. The second-order valence-corrected chi connectivity index (χ2v) is 4.02. The van der Waals surface area contributed by atoms with Crippen LogP contribution in [-0.2, 0) is 0 Å². The van der Waals surface area contributed by atoms with E-state index in [0.29, 0.717) is 5.25 Å². The molecule has 1 aromatic heterocycles. The molecule has 1 unspecified atom stereocenters. The Morgan fingerprint density at radius 2 is 2.42 bits per heavy atom. The van der Waals surface area contributed by atoms with Gasteiger partial charge in [-0.05, 0) is 12.8 Å². The summed E-state index contributed by atoms with van der Waals surface area (Å²) in [5, 5.41) is 8.30. The van der Waals surface area contributed by atoms with Crippen LogP contribution in [0.25, 0.3) is 0 Å². The third-order valence-corrected chi connectivity index (χ3v) is 3.06. The molecule has 1 rings (SSSR count). The topological polar surface area (TPSA) is 41.6 Å². The molecule has 1 aromatic rings. The zero-order chi connectivity index (χ0) is 8.81. The van der Waals surface area contributed by atoms with E-state index in [0.717, 1.165) is 5.16 Å². The van der Waals surface area contributed by atoms with Gasteiger partial charge in [-0.25, -0.2) is 4.98 Å². The number of thioether (sulfide) groups is 1. The summed E-state index contributed by atoms with van der Waals surface area (Å²) in [6, 6.07) is 0. The molecule has 0 saturated heterocycles. The average Bonchev–Trinajstić information content (AvgIpc) is 2.56. The zero-order valence-corrected chi connectivity index (χ0v) is 8.40. The quantitative estimate of drug-likeness (QED) is 0.716. The highest BCUT2D eigenvalue weighted by Gasteiger charge is 2.08. The van der Waals surface area contributed by atoms with Crippen molar-refractivity contribution >= 4 is 11.8 Å². The Hall–Kier alpha value is -0.510. The molecule has 3 nitrogen and oxygen atoms in total. The van der Waals surface area contributed by atoms with Crippen molar-refractivity contribution in [2.75, 3.05) is 0 Å². The lowest BCUT2D eigenvalue weighted by Crippen LogP contribution is -1.99. The molecule has 0 aliphatic carbocycles. The highest BCUT2D eigenvalue weighted by molar-refractivity contribution is 7.99. The molecule has 0 radical (unpaired) electrons. The monoisotopic (exact) mass is 185 g/mol. The zero-order valence-electron chi connectivity index (χ0n) is 7.58. The van der Waals surface area contributed by atoms with Crippen molar-refractivity contribution in [3.63, 3.8) is 0 Å². The van der Waals surface area contributed by atoms with Crippen molar-refractivity contribution < 1.29 is 0 Å². The second kappa shape index (κ2) is 5.19. The third kappa shape index (κ3) is 2.85. The lowest BCUT2D eigenvalue weighted by molar-refractivity contribution is 0.716. The van der Waals surface area contributed by atoms with E-state index in [-0.39, 0.29) is 0 Å². The predicted octanol–water partition coefficient (Wildman–Crippen LogP) is 2.48. The van der Waals surface area contributed by atoms with Gasteiger partial charge < -0.3 is 0 Å². The maximum atomic E-state index is 4.08. The Morgan fingerprint density at radius 3 is 2.92 bits per heavy atom. The highest BCUT2D eigenvalue weighted by Crippen LogP contribution is 2.24. The molecule has 0 aromatic carbocycles. The van der Waals surface area contributed by atoms with Crippen LogP contribution in [-0.4, -0.2) is 20.4 Å². The van der Waals surface area contributed by atoms with Crippen LogP contribution < -0.4 is 0 Å². The Morgan fingerprint density at radius 1 is 1.58 bits per heavy atom. The number of H-pyrrole nitrogens is 1. The van der Waals surface area contributed by atoms with Gasteiger partial charge in [0.05, 0.1) is 0 Å². The standard InChI is InChI=1S/C8H15N3S/c1-3-5-7(4-2)12-8-9-6-10-11-8/h6-7H,3-5H2,1-2H3,(H,9,10,11). The fourth-order valence-electron chi connectivity index (χ4n) is 1.08. The number of rotatable bonds is 5. The number of hydrogen-bond donors (Lipinski definition) is 1. The summed E-state index contributed by atoms with van der Waals surface area (Å²) in [6.45, 7) is 4.42. The Bertz CT molecular complexity index is 198. The van der Waals surface area contributed by atoms with Crippen molar-refractivity contribution in [2.45, 2.75) is 43.5 Å². The number of nitrogens with zero attached hydrogens (tertiary/aromatic N) is 2. The average molecular weight is 185 g/mol. The largest absolute Gasteiger partial charge is 0.254 e. The summed E-state index contributed by atoms with van der Waals surface area (Å²) in [5.41, 5.74) is 0. The molecule has 0 bridgehead atoms. The first-order valence-electron chi connectivity index (χ1n) is 4.38. The maximum absolute atomic E-state index is 4.08. The van der Waals surface area contributed by atoms with Gasteiger partial charge >= 0.3 is 0 Å². The summed E-state index contributed by atoms with van der Waals surface area (Å²) < 4.78 is 0. The molecule has 1 N–H and O–H groups in total. The first-order valence-corrected chi connectivity index (χ1v) is 5.26. The number of nitrogens with one attached hydrogen (secondary N) is 1. The van der Waals surface area contributed by atoms with Gasteiger partial charge in [0.15, 0.2) is 5.16 Å². The lowest BCUT2D eigenvalue weighted by Gasteiger charge is -2.09. The number of hydrogen-bond acceptors (Lipinski definition) is 3.